The second-order valence-electron chi connectivity index (χ2n) is 8.95. The van der Waals surface area contributed by atoms with Gasteiger partial charge in [-0.25, -0.2) is 0 Å². The molecule has 1 aliphatic heterocycles. The standard InChI is InChI=1S/C25H30Cl2N4O/c1-15(2)30-7-9-31(10-8-30)25(32)19-5-6-22(26)21(24(19)27)14-18-13-20-16(3)11-17(28)12-23(20)29(18)4/h5-6,11-13,15H,7-10,14,28H2,1-4H3. The minimum atomic E-state index is -0.0306. The summed E-state index contributed by atoms with van der Waals surface area (Å²) in [6.45, 7) is 9.58. The first-order valence-electron chi connectivity index (χ1n) is 11.0. The lowest BCUT2D eigenvalue weighted by Gasteiger charge is -2.37. The molecule has 0 aliphatic carbocycles. The van der Waals surface area contributed by atoms with Gasteiger partial charge in [-0.15, -0.1) is 0 Å². The number of benzene rings is 2. The molecule has 0 atom stereocenters. The number of nitrogens with two attached hydrogens (primary N) is 1. The predicted molar refractivity (Wildman–Crippen MR) is 134 cm³/mol. The molecular formula is C25H30Cl2N4O. The molecule has 0 spiro atoms. The van der Waals surface area contributed by atoms with E-state index in [1.54, 1.807) is 12.1 Å². The third-order valence-corrected chi connectivity index (χ3v) is 7.38. The van der Waals surface area contributed by atoms with Gasteiger partial charge in [0, 0.05) is 67.5 Å². The van der Waals surface area contributed by atoms with Gasteiger partial charge in [0.2, 0.25) is 0 Å². The normalized spacial score (nSPS) is 15.2. The SMILES string of the molecule is Cc1cc(N)cc2c1cc(Cc1c(Cl)ccc(C(=O)N3CCN(C(C)C)CC3)c1Cl)n2C. The molecule has 1 aliphatic rings. The summed E-state index contributed by atoms with van der Waals surface area (Å²) in [6, 6.07) is 10.1. The Labute approximate surface area is 199 Å². The van der Waals surface area contributed by atoms with Gasteiger partial charge in [-0.05, 0) is 62.2 Å². The number of aromatic nitrogens is 1. The summed E-state index contributed by atoms with van der Waals surface area (Å²) in [7, 11) is 2.02. The Kier molecular flexibility index (Phi) is 6.44. The van der Waals surface area contributed by atoms with E-state index >= 15 is 0 Å². The van der Waals surface area contributed by atoms with E-state index in [2.05, 4.69) is 36.3 Å². The number of fused-ring (bicyclic) bond motifs is 1. The van der Waals surface area contributed by atoms with Gasteiger partial charge in [0.1, 0.15) is 0 Å². The molecule has 2 N–H and O–H groups in total. The van der Waals surface area contributed by atoms with E-state index in [0.717, 1.165) is 46.5 Å². The van der Waals surface area contributed by atoms with E-state index in [4.69, 9.17) is 28.9 Å². The van der Waals surface area contributed by atoms with Crippen molar-refractivity contribution in [1.29, 1.82) is 0 Å². The zero-order chi connectivity index (χ0) is 23.2. The first-order chi connectivity index (χ1) is 15.2. The molecule has 0 unspecified atom stereocenters. The topological polar surface area (TPSA) is 54.5 Å². The van der Waals surface area contributed by atoms with Crippen LogP contribution in [0.15, 0.2) is 30.3 Å². The van der Waals surface area contributed by atoms with Crippen LogP contribution in [0.4, 0.5) is 5.69 Å². The van der Waals surface area contributed by atoms with Crippen molar-refractivity contribution in [2.45, 2.75) is 33.2 Å². The minimum Gasteiger partial charge on any atom is -0.399 e. The Bertz CT molecular complexity index is 1180. The highest BCUT2D eigenvalue weighted by atomic mass is 35.5. The fourth-order valence-corrected chi connectivity index (χ4v) is 5.16. The largest absolute Gasteiger partial charge is 0.399 e. The van der Waals surface area contributed by atoms with Gasteiger partial charge in [0.25, 0.3) is 5.91 Å². The van der Waals surface area contributed by atoms with E-state index < -0.39 is 0 Å². The quantitative estimate of drug-likeness (QED) is 0.535. The van der Waals surface area contributed by atoms with Crippen molar-refractivity contribution in [1.82, 2.24) is 14.4 Å². The van der Waals surface area contributed by atoms with Gasteiger partial charge in [0.15, 0.2) is 0 Å². The van der Waals surface area contributed by atoms with Gasteiger partial charge < -0.3 is 15.2 Å². The maximum absolute atomic E-state index is 13.3. The Balaban J connectivity index is 1.63. The second-order valence-corrected chi connectivity index (χ2v) is 9.74. The molecule has 0 bridgehead atoms. The zero-order valence-corrected chi connectivity index (χ0v) is 20.6. The highest BCUT2D eigenvalue weighted by Gasteiger charge is 2.26. The Morgan fingerprint density at radius 1 is 1.09 bits per heavy atom. The summed E-state index contributed by atoms with van der Waals surface area (Å²) in [5, 5.41) is 2.16. The summed E-state index contributed by atoms with van der Waals surface area (Å²) in [6.07, 6.45) is 0.532. The van der Waals surface area contributed by atoms with Crippen molar-refractivity contribution in [3.8, 4) is 0 Å². The van der Waals surface area contributed by atoms with Crippen molar-refractivity contribution in [3.05, 3.63) is 62.8 Å². The van der Waals surface area contributed by atoms with Gasteiger partial charge >= 0.3 is 0 Å². The van der Waals surface area contributed by atoms with Crippen molar-refractivity contribution in [2.75, 3.05) is 31.9 Å². The molecule has 1 aromatic heterocycles. The summed E-state index contributed by atoms with van der Waals surface area (Å²) in [4.78, 5) is 17.5. The van der Waals surface area contributed by atoms with Crippen molar-refractivity contribution < 1.29 is 4.79 Å². The van der Waals surface area contributed by atoms with Crippen LogP contribution in [0.2, 0.25) is 10.0 Å². The molecule has 5 nitrogen and oxygen atoms in total. The minimum absolute atomic E-state index is 0.0306. The van der Waals surface area contributed by atoms with E-state index in [1.807, 2.05) is 24.1 Å². The number of piperazine rings is 1. The summed E-state index contributed by atoms with van der Waals surface area (Å²) in [5.74, 6) is -0.0306. The average Bonchev–Trinajstić information content (AvgIpc) is 3.06. The number of halogens is 2. The first kappa shape index (κ1) is 23.0. The van der Waals surface area contributed by atoms with E-state index in [1.165, 1.54) is 0 Å². The molecule has 1 saturated heterocycles. The summed E-state index contributed by atoms with van der Waals surface area (Å²) >= 11 is 13.4. The highest BCUT2D eigenvalue weighted by Crippen LogP contribution is 2.33. The van der Waals surface area contributed by atoms with E-state index in [0.29, 0.717) is 41.2 Å². The Morgan fingerprint density at radius 3 is 2.44 bits per heavy atom. The smallest absolute Gasteiger partial charge is 0.255 e. The van der Waals surface area contributed by atoms with Gasteiger partial charge in [-0.2, -0.15) is 0 Å². The molecule has 32 heavy (non-hydrogen) atoms. The molecule has 0 radical (unpaired) electrons. The maximum Gasteiger partial charge on any atom is 0.255 e. The number of aryl methyl sites for hydroxylation is 2. The molecule has 7 heteroatoms. The number of amides is 1. The number of nitrogens with zero attached hydrogens (tertiary/aromatic N) is 3. The molecule has 3 aromatic rings. The van der Waals surface area contributed by atoms with Crippen LogP contribution < -0.4 is 5.73 Å². The van der Waals surface area contributed by atoms with Crippen LogP contribution in [-0.4, -0.2) is 52.5 Å². The van der Waals surface area contributed by atoms with Crippen LogP contribution in [0.25, 0.3) is 10.9 Å². The van der Waals surface area contributed by atoms with Gasteiger partial charge in [-0.1, -0.05) is 23.2 Å². The molecular weight excluding hydrogens is 443 g/mol. The first-order valence-corrected chi connectivity index (χ1v) is 11.8. The average molecular weight is 473 g/mol. The number of nitrogen functional groups attached to an aromatic ring is 1. The zero-order valence-electron chi connectivity index (χ0n) is 19.1. The molecule has 1 amide bonds. The highest BCUT2D eigenvalue weighted by molar-refractivity contribution is 6.38. The number of carbonyl (C=O) groups excluding carboxylic acids is 1. The molecule has 4 rings (SSSR count). The summed E-state index contributed by atoms with van der Waals surface area (Å²) in [5.41, 5.74) is 11.3. The van der Waals surface area contributed by atoms with Crippen molar-refractivity contribution in [3.63, 3.8) is 0 Å². The van der Waals surface area contributed by atoms with E-state index in [9.17, 15) is 4.79 Å². The number of rotatable bonds is 4. The molecule has 1 fully saturated rings. The number of carbonyl (C=O) groups is 1. The van der Waals surface area contributed by atoms with Crippen LogP contribution >= 0.6 is 23.2 Å². The van der Waals surface area contributed by atoms with Gasteiger partial charge in [0.05, 0.1) is 16.1 Å². The molecule has 2 aromatic carbocycles. The van der Waals surface area contributed by atoms with Crippen LogP contribution in [0.1, 0.15) is 41.0 Å². The summed E-state index contributed by atoms with van der Waals surface area (Å²) < 4.78 is 2.12. The fraction of sp³-hybridized carbons (Fsp3) is 0.400. The lowest BCUT2D eigenvalue weighted by Crippen LogP contribution is -2.50. The Morgan fingerprint density at radius 2 is 1.78 bits per heavy atom. The fourth-order valence-electron chi connectivity index (χ4n) is 4.58. The lowest BCUT2D eigenvalue weighted by atomic mass is 10.0. The molecule has 2 heterocycles. The molecule has 0 saturated carbocycles. The van der Waals surface area contributed by atoms with Crippen LogP contribution in [0, 0.1) is 6.92 Å². The third kappa shape index (κ3) is 4.21. The van der Waals surface area contributed by atoms with Crippen LogP contribution in [-0.2, 0) is 13.5 Å². The monoisotopic (exact) mass is 472 g/mol. The van der Waals surface area contributed by atoms with Crippen molar-refractivity contribution >= 4 is 45.7 Å². The number of hydrogen-bond acceptors (Lipinski definition) is 3. The van der Waals surface area contributed by atoms with E-state index in [-0.39, 0.29) is 5.91 Å². The Hall–Kier alpha value is -2.21. The van der Waals surface area contributed by atoms with Crippen LogP contribution in [0.3, 0.4) is 0 Å². The van der Waals surface area contributed by atoms with Crippen LogP contribution in [0.5, 0.6) is 0 Å². The maximum atomic E-state index is 13.3. The second kappa shape index (κ2) is 8.97. The third-order valence-electron chi connectivity index (χ3n) is 6.60. The number of hydrogen-bond donors (Lipinski definition) is 1. The molecule has 170 valence electrons. The lowest BCUT2D eigenvalue weighted by molar-refractivity contribution is 0.0595. The van der Waals surface area contributed by atoms with Gasteiger partial charge in [-0.3, -0.25) is 9.69 Å². The predicted octanol–water partition coefficient (Wildman–Crippen LogP) is 5.13. The van der Waals surface area contributed by atoms with Crippen molar-refractivity contribution in [2.24, 2.45) is 7.05 Å². The number of anilines is 1.